The molecule has 0 aromatic heterocycles. The molecule has 0 unspecified atom stereocenters. The fraction of sp³-hybridized carbons (Fsp3) is 0.571. The second-order valence-corrected chi connectivity index (χ2v) is 8.14. The van der Waals surface area contributed by atoms with Gasteiger partial charge in [-0.15, -0.1) is 0 Å². The predicted molar refractivity (Wildman–Crippen MR) is 101 cm³/mol. The van der Waals surface area contributed by atoms with E-state index in [1.165, 1.54) is 0 Å². The SMILES string of the molecule is CC(=O)c1ccc(N2CCN(C(=O)[C@@H]3[C@H]4CC[C@@H](C4)[C@@H]3C(=O)O)CC2)cc1. The van der Waals surface area contributed by atoms with Crippen LogP contribution in [0, 0.1) is 23.7 Å². The van der Waals surface area contributed by atoms with Crippen LogP contribution in [0.1, 0.15) is 36.5 Å². The third-order valence-electron chi connectivity index (χ3n) is 6.72. The molecule has 4 rings (SSSR count). The standard InChI is InChI=1S/C21H26N2O4/c1-13(24)14-4-6-17(7-5-14)22-8-10-23(11-9-22)20(25)18-15-2-3-16(12-15)19(18)21(26)27/h4-7,15-16,18-19H,2-3,8-12H2,1H3,(H,26,27)/t15-,16-,18+,19-/m0/s1. The molecule has 1 aliphatic heterocycles. The fourth-order valence-electron chi connectivity index (χ4n) is 5.30. The van der Waals surface area contributed by atoms with Crippen LogP contribution in [0.25, 0.3) is 0 Å². The third-order valence-corrected chi connectivity index (χ3v) is 6.72. The average molecular weight is 370 g/mol. The number of carboxylic acids is 1. The lowest BCUT2D eigenvalue weighted by Crippen LogP contribution is -2.52. The van der Waals surface area contributed by atoms with Crippen molar-refractivity contribution < 1.29 is 19.5 Å². The minimum absolute atomic E-state index is 0.0428. The van der Waals surface area contributed by atoms with Crippen molar-refractivity contribution in [3.63, 3.8) is 0 Å². The van der Waals surface area contributed by atoms with Crippen molar-refractivity contribution in [2.75, 3.05) is 31.1 Å². The van der Waals surface area contributed by atoms with Gasteiger partial charge in [-0.3, -0.25) is 14.4 Å². The summed E-state index contributed by atoms with van der Waals surface area (Å²) >= 11 is 0. The van der Waals surface area contributed by atoms with Gasteiger partial charge < -0.3 is 14.9 Å². The largest absolute Gasteiger partial charge is 0.481 e. The number of carbonyl (C=O) groups excluding carboxylic acids is 2. The normalized spacial score (nSPS) is 29.8. The highest BCUT2D eigenvalue weighted by atomic mass is 16.4. The van der Waals surface area contributed by atoms with Crippen LogP contribution in [0.3, 0.4) is 0 Å². The number of carbonyl (C=O) groups is 3. The molecule has 144 valence electrons. The number of Topliss-reactive ketones (excluding diaryl/α,β-unsaturated/α-hetero) is 1. The van der Waals surface area contributed by atoms with E-state index in [1.54, 1.807) is 6.92 Å². The van der Waals surface area contributed by atoms with Gasteiger partial charge in [0.15, 0.2) is 5.78 Å². The highest BCUT2D eigenvalue weighted by molar-refractivity contribution is 5.94. The fourth-order valence-corrected chi connectivity index (χ4v) is 5.30. The Balaban J connectivity index is 1.39. The Bertz CT molecular complexity index is 752. The molecule has 0 radical (unpaired) electrons. The van der Waals surface area contributed by atoms with Crippen molar-refractivity contribution in [3.8, 4) is 0 Å². The maximum Gasteiger partial charge on any atom is 0.307 e. The van der Waals surface area contributed by atoms with Gasteiger partial charge in [-0.1, -0.05) is 0 Å². The Morgan fingerprint density at radius 3 is 2.07 bits per heavy atom. The minimum Gasteiger partial charge on any atom is -0.481 e. The zero-order valence-corrected chi connectivity index (χ0v) is 15.6. The molecule has 1 amide bonds. The van der Waals surface area contributed by atoms with Gasteiger partial charge in [-0.2, -0.15) is 0 Å². The summed E-state index contributed by atoms with van der Waals surface area (Å²) in [7, 11) is 0. The molecule has 2 bridgehead atoms. The summed E-state index contributed by atoms with van der Waals surface area (Å²) in [6.07, 6.45) is 2.85. The Labute approximate surface area is 159 Å². The van der Waals surface area contributed by atoms with Crippen molar-refractivity contribution >= 4 is 23.3 Å². The van der Waals surface area contributed by atoms with Crippen LogP contribution in [0.5, 0.6) is 0 Å². The summed E-state index contributed by atoms with van der Waals surface area (Å²) in [5, 5.41) is 9.60. The van der Waals surface area contributed by atoms with Gasteiger partial charge in [0, 0.05) is 37.4 Å². The number of ketones is 1. The number of nitrogens with zero attached hydrogens (tertiary/aromatic N) is 2. The third kappa shape index (κ3) is 3.22. The Hall–Kier alpha value is -2.37. The zero-order chi connectivity index (χ0) is 19.1. The Morgan fingerprint density at radius 2 is 1.52 bits per heavy atom. The molecule has 6 heteroatoms. The number of anilines is 1. The lowest BCUT2D eigenvalue weighted by atomic mass is 9.78. The van der Waals surface area contributed by atoms with Crippen molar-refractivity contribution in [3.05, 3.63) is 29.8 Å². The molecular weight excluding hydrogens is 344 g/mol. The quantitative estimate of drug-likeness (QED) is 0.823. The number of rotatable bonds is 4. The van der Waals surface area contributed by atoms with E-state index in [-0.39, 0.29) is 29.4 Å². The molecule has 27 heavy (non-hydrogen) atoms. The van der Waals surface area contributed by atoms with E-state index in [4.69, 9.17) is 0 Å². The van der Waals surface area contributed by atoms with Gasteiger partial charge in [0.05, 0.1) is 11.8 Å². The average Bonchev–Trinajstić information content (AvgIpc) is 3.29. The Kier molecular flexibility index (Phi) is 4.66. The van der Waals surface area contributed by atoms with Crippen molar-refractivity contribution in [2.24, 2.45) is 23.7 Å². The van der Waals surface area contributed by atoms with Crippen molar-refractivity contribution in [1.29, 1.82) is 0 Å². The molecule has 3 fully saturated rings. The van der Waals surface area contributed by atoms with Gasteiger partial charge in [0.1, 0.15) is 0 Å². The molecule has 2 saturated carbocycles. The van der Waals surface area contributed by atoms with Crippen LogP contribution >= 0.6 is 0 Å². The topological polar surface area (TPSA) is 77.9 Å². The van der Waals surface area contributed by atoms with Crippen LogP contribution in [-0.2, 0) is 9.59 Å². The monoisotopic (exact) mass is 370 g/mol. The highest BCUT2D eigenvalue weighted by Gasteiger charge is 2.54. The van der Waals surface area contributed by atoms with Crippen molar-refractivity contribution in [2.45, 2.75) is 26.2 Å². The molecule has 4 atom stereocenters. The summed E-state index contributed by atoms with van der Waals surface area (Å²) in [6, 6.07) is 7.57. The second kappa shape index (κ2) is 6.98. The molecule has 2 aliphatic carbocycles. The van der Waals surface area contributed by atoms with E-state index in [2.05, 4.69) is 4.90 Å². The van der Waals surface area contributed by atoms with Crippen LogP contribution in [0.4, 0.5) is 5.69 Å². The molecular formula is C21H26N2O4. The van der Waals surface area contributed by atoms with E-state index in [0.29, 0.717) is 18.7 Å². The molecule has 3 aliphatic rings. The summed E-state index contributed by atoms with van der Waals surface area (Å²) in [5.41, 5.74) is 1.75. The first-order valence-electron chi connectivity index (χ1n) is 9.83. The first-order valence-corrected chi connectivity index (χ1v) is 9.83. The van der Waals surface area contributed by atoms with E-state index in [0.717, 1.165) is 38.0 Å². The number of carboxylic acid groups (broad SMARTS) is 1. The summed E-state index contributed by atoms with van der Waals surface area (Å²) in [5.74, 6) is -1.10. The first-order chi connectivity index (χ1) is 13.0. The van der Waals surface area contributed by atoms with Gasteiger partial charge in [0.25, 0.3) is 0 Å². The molecule has 1 saturated heterocycles. The second-order valence-electron chi connectivity index (χ2n) is 8.14. The van der Waals surface area contributed by atoms with E-state index in [9.17, 15) is 19.5 Å². The summed E-state index contributed by atoms with van der Waals surface area (Å²) in [6.45, 7) is 4.24. The molecule has 1 aromatic rings. The van der Waals surface area contributed by atoms with Crippen LogP contribution < -0.4 is 4.90 Å². The van der Waals surface area contributed by atoms with E-state index >= 15 is 0 Å². The number of benzene rings is 1. The van der Waals surface area contributed by atoms with Gasteiger partial charge in [0.2, 0.25) is 5.91 Å². The summed E-state index contributed by atoms with van der Waals surface area (Å²) in [4.78, 5) is 40.3. The summed E-state index contributed by atoms with van der Waals surface area (Å²) < 4.78 is 0. The maximum atomic E-state index is 13.1. The number of amides is 1. The first kappa shape index (κ1) is 18.0. The molecule has 0 spiro atoms. The number of hydrogen-bond acceptors (Lipinski definition) is 4. The number of piperazine rings is 1. The molecule has 1 aromatic carbocycles. The van der Waals surface area contributed by atoms with Crippen LogP contribution in [0.2, 0.25) is 0 Å². The van der Waals surface area contributed by atoms with Gasteiger partial charge in [-0.05, 0) is 62.3 Å². The van der Waals surface area contributed by atoms with Gasteiger partial charge >= 0.3 is 5.97 Å². The number of aliphatic carboxylic acids is 1. The molecule has 1 heterocycles. The van der Waals surface area contributed by atoms with Crippen molar-refractivity contribution in [1.82, 2.24) is 4.90 Å². The van der Waals surface area contributed by atoms with Gasteiger partial charge in [-0.25, -0.2) is 0 Å². The predicted octanol–water partition coefficient (Wildman–Crippen LogP) is 2.28. The highest BCUT2D eigenvalue weighted by Crippen LogP contribution is 2.53. The smallest absolute Gasteiger partial charge is 0.307 e. The Morgan fingerprint density at radius 1 is 0.926 bits per heavy atom. The molecule has 1 N–H and O–H groups in total. The number of fused-ring (bicyclic) bond motifs is 2. The van der Waals surface area contributed by atoms with Crippen LogP contribution in [-0.4, -0.2) is 53.8 Å². The van der Waals surface area contributed by atoms with Crippen LogP contribution in [0.15, 0.2) is 24.3 Å². The maximum absolute atomic E-state index is 13.1. The lowest BCUT2D eigenvalue weighted by molar-refractivity contribution is -0.153. The van der Waals surface area contributed by atoms with E-state index in [1.807, 2.05) is 29.2 Å². The minimum atomic E-state index is -0.801. The van der Waals surface area contributed by atoms with E-state index < -0.39 is 11.9 Å². The molecule has 6 nitrogen and oxygen atoms in total. The zero-order valence-electron chi connectivity index (χ0n) is 15.6. The lowest BCUT2D eigenvalue weighted by Gasteiger charge is -2.39. The number of hydrogen-bond donors (Lipinski definition) is 1.